The maximum absolute atomic E-state index is 13.6. The molecule has 0 saturated heterocycles. The number of hydrogen-bond donors (Lipinski definition) is 1. The average molecular weight is 294 g/mol. The molecule has 0 amide bonds. The minimum Gasteiger partial charge on any atom is -0.454 e. The van der Waals surface area contributed by atoms with E-state index < -0.39 is 5.82 Å². The van der Waals surface area contributed by atoms with E-state index in [2.05, 4.69) is 19.2 Å². The highest BCUT2D eigenvalue weighted by Crippen LogP contribution is 2.29. The largest absolute Gasteiger partial charge is 0.454 e. The van der Waals surface area contributed by atoms with E-state index in [-0.39, 0.29) is 5.75 Å². The summed E-state index contributed by atoms with van der Waals surface area (Å²) in [5.41, 5.74) is 0.936. The van der Waals surface area contributed by atoms with Crippen molar-refractivity contribution in [1.29, 1.82) is 0 Å². The van der Waals surface area contributed by atoms with Crippen molar-refractivity contribution in [2.24, 2.45) is 0 Å². The topological polar surface area (TPSA) is 21.3 Å². The molecule has 0 saturated carbocycles. The third kappa shape index (κ3) is 3.95. The number of ether oxygens (including phenoxy) is 1. The molecule has 0 unspecified atom stereocenters. The number of rotatable bonds is 5. The van der Waals surface area contributed by atoms with E-state index in [9.17, 15) is 4.39 Å². The zero-order valence-corrected chi connectivity index (χ0v) is 12.2. The molecule has 0 fully saturated rings. The van der Waals surface area contributed by atoms with E-state index in [0.29, 0.717) is 23.4 Å². The Morgan fingerprint density at radius 1 is 1.15 bits per heavy atom. The van der Waals surface area contributed by atoms with Crippen molar-refractivity contribution in [2.45, 2.75) is 26.4 Å². The van der Waals surface area contributed by atoms with Gasteiger partial charge in [-0.3, -0.25) is 0 Å². The third-order valence-corrected chi connectivity index (χ3v) is 3.02. The third-order valence-electron chi connectivity index (χ3n) is 2.79. The summed E-state index contributed by atoms with van der Waals surface area (Å²) >= 11 is 5.99. The number of hydrogen-bond acceptors (Lipinski definition) is 2. The Morgan fingerprint density at radius 3 is 2.60 bits per heavy atom. The van der Waals surface area contributed by atoms with Gasteiger partial charge in [-0.05, 0) is 24.3 Å². The molecule has 1 N–H and O–H groups in total. The molecule has 0 radical (unpaired) electrons. The van der Waals surface area contributed by atoms with Gasteiger partial charge in [-0.2, -0.15) is 0 Å². The Hall–Kier alpha value is -1.58. The summed E-state index contributed by atoms with van der Waals surface area (Å²) in [6.45, 7) is 4.76. The van der Waals surface area contributed by atoms with E-state index in [4.69, 9.17) is 16.3 Å². The lowest BCUT2D eigenvalue weighted by atomic mass is 10.2. The molecule has 0 aromatic heterocycles. The van der Waals surface area contributed by atoms with E-state index in [0.717, 1.165) is 5.56 Å². The Kier molecular flexibility index (Phi) is 4.99. The molecule has 2 aromatic carbocycles. The molecule has 2 rings (SSSR count). The van der Waals surface area contributed by atoms with Gasteiger partial charge >= 0.3 is 0 Å². The van der Waals surface area contributed by atoms with Crippen LogP contribution in [-0.2, 0) is 6.54 Å². The van der Waals surface area contributed by atoms with Crippen LogP contribution < -0.4 is 10.1 Å². The Labute approximate surface area is 123 Å². The lowest BCUT2D eigenvalue weighted by Crippen LogP contribution is -2.22. The highest BCUT2D eigenvalue weighted by molar-refractivity contribution is 6.30. The fraction of sp³-hybridized carbons (Fsp3) is 0.250. The first-order chi connectivity index (χ1) is 9.56. The summed E-state index contributed by atoms with van der Waals surface area (Å²) in [4.78, 5) is 0. The predicted molar refractivity (Wildman–Crippen MR) is 79.9 cm³/mol. The second-order valence-corrected chi connectivity index (χ2v) is 5.26. The van der Waals surface area contributed by atoms with Crippen molar-refractivity contribution in [3.8, 4) is 11.5 Å². The van der Waals surface area contributed by atoms with Crippen LogP contribution >= 0.6 is 11.6 Å². The van der Waals surface area contributed by atoms with E-state index >= 15 is 0 Å². The second kappa shape index (κ2) is 6.73. The summed E-state index contributed by atoms with van der Waals surface area (Å²) in [5.74, 6) is 0.367. The molecule has 2 nitrogen and oxygen atoms in total. The highest BCUT2D eigenvalue weighted by atomic mass is 35.5. The highest BCUT2D eigenvalue weighted by Gasteiger charge is 2.09. The lowest BCUT2D eigenvalue weighted by Gasteiger charge is -2.14. The molecule has 20 heavy (non-hydrogen) atoms. The smallest absolute Gasteiger partial charge is 0.165 e. The minimum absolute atomic E-state index is 0.195. The number of halogens is 2. The van der Waals surface area contributed by atoms with Crippen LogP contribution in [-0.4, -0.2) is 6.04 Å². The Morgan fingerprint density at radius 2 is 1.90 bits per heavy atom. The predicted octanol–water partition coefficient (Wildman–Crippen LogP) is 4.77. The summed E-state index contributed by atoms with van der Waals surface area (Å²) in [7, 11) is 0. The van der Waals surface area contributed by atoms with E-state index in [1.807, 2.05) is 6.07 Å². The SMILES string of the molecule is CC(C)NCc1ccc(Cl)cc1Oc1ccccc1F. The summed E-state index contributed by atoms with van der Waals surface area (Å²) in [6.07, 6.45) is 0. The van der Waals surface area contributed by atoms with E-state index in [1.165, 1.54) is 6.07 Å². The van der Waals surface area contributed by atoms with Crippen molar-refractivity contribution in [1.82, 2.24) is 5.32 Å². The van der Waals surface area contributed by atoms with Gasteiger partial charge in [0.15, 0.2) is 11.6 Å². The van der Waals surface area contributed by atoms with Crippen LogP contribution in [0.25, 0.3) is 0 Å². The molecule has 0 aliphatic carbocycles. The Balaban J connectivity index is 2.25. The quantitative estimate of drug-likeness (QED) is 0.857. The molecule has 0 atom stereocenters. The van der Waals surface area contributed by atoms with Crippen molar-refractivity contribution >= 4 is 11.6 Å². The zero-order valence-electron chi connectivity index (χ0n) is 11.5. The molecule has 0 aliphatic heterocycles. The van der Waals surface area contributed by atoms with Gasteiger partial charge in [-0.25, -0.2) is 4.39 Å². The first kappa shape index (κ1) is 14.8. The van der Waals surface area contributed by atoms with Gasteiger partial charge in [0.25, 0.3) is 0 Å². The summed E-state index contributed by atoms with van der Waals surface area (Å²) in [6, 6.07) is 12.1. The number of nitrogens with one attached hydrogen (secondary N) is 1. The van der Waals surface area contributed by atoms with Gasteiger partial charge in [-0.15, -0.1) is 0 Å². The Bertz CT molecular complexity index is 586. The molecular weight excluding hydrogens is 277 g/mol. The van der Waals surface area contributed by atoms with Crippen molar-refractivity contribution < 1.29 is 9.13 Å². The van der Waals surface area contributed by atoms with Gasteiger partial charge in [-0.1, -0.05) is 43.6 Å². The molecule has 0 aliphatic rings. The van der Waals surface area contributed by atoms with Crippen LogP contribution in [0.2, 0.25) is 5.02 Å². The van der Waals surface area contributed by atoms with Crippen LogP contribution in [0.15, 0.2) is 42.5 Å². The first-order valence-electron chi connectivity index (χ1n) is 6.50. The first-order valence-corrected chi connectivity index (χ1v) is 6.88. The van der Waals surface area contributed by atoms with E-state index in [1.54, 1.807) is 30.3 Å². The molecule has 106 valence electrons. The van der Waals surface area contributed by atoms with Crippen LogP contribution in [0, 0.1) is 5.82 Å². The summed E-state index contributed by atoms with van der Waals surface area (Å²) < 4.78 is 19.3. The fourth-order valence-electron chi connectivity index (χ4n) is 1.73. The second-order valence-electron chi connectivity index (χ2n) is 4.82. The van der Waals surface area contributed by atoms with Crippen molar-refractivity contribution in [2.75, 3.05) is 0 Å². The van der Waals surface area contributed by atoms with Crippen molar-refractivity contribution in [3.05, 3.63) is 58.9 Å². The molecule has 0 bridgehead atoms. The maximum Gasteiger partial charge on any atom is 0.165 e. The fourth-order valence-corrected chi connectivity index (χ4v) is 1.89. The standard InChI is InChI=1S/C16H17ClFNO/c1-11(2)19-10-12-7-8-13(17)9-16(12)20-15-6-4-3-5-14(15)18/h3-9,11,19H,10H2,1-2H3. The normalized spacial score (nSPS) is 10.8. The minimum atomic E-state index is -0.393. The molecule has 0 spiro atoms. The lowest BCUT2D eigenvalue weighted by molar-refractivity contribution is 0.434. The molecule has 0 heterocycles. The number of benzene rings is 2. The molecule has 2 aromatic rings. The van der Waals surface area contributed by atoms with Gasteiger partial charge in [0.05, 0.1) is 0 Å². The monoisotopic (exact) mass is 293 g/mol. The van der Waals surface area contributed by atoms with Crippen LogP contribution in [0.4, 0.5) is 4.39 Å². The zero-order chi connectivity index (χ0) is 14.5. The average Bonchev–Trinajstić information content (AvgIpc) is 2.40. The van der Waals surface area contributed by atoms with Gasteiger partial charge in [0.2, 0.25) is 0 Å². The van der Waals surface area contributed by atoms with Crippen LogP contribution in [0.1, 0.15) is 19.4 Å². The molecule has 4 heteroatoms. The molecular formula is C16H17ClFNO. The van der Waals surface area contributed by atoms with Gasteiger partial charge in [0, 0.05) is 23.2 Å². The summed E-state index contributed by atoms with van der Waals surface area (Å²) in [5, 5.41) is 3.87. The number of para-hydroxylation sites is 1. The van der Waals surface area contributed by atoms with Crippen LogP contribution in [0.5, 0.6) is 11.5 Å². The maximum atomic E-state index is 13.6. The van der Waals surface area contributed by atoms with Gasteiger partial charge < -0.3 is 10.1 Å². The van der Waals surface area contributed by atoms with Crippen molar-refractivity contribution in [3.63, 3.8) is 0 Å². The van der Waals surface area contributed by atoms with Crippen LogP contribution in [0.3, 0.4) is 0 Å². The van der Waals surface area contributed by atoms with Gasteiger partial charge in [0.1, 0.15) is 5.75 Å².